The summed E-state index contributed by atoms with van der Waals surface area (Å²) in [7, 11) is 0. The molecule has 3 atom stereocenters. The van der Waals surface area contributed by atoms with Crippen molar-refractivity contribution in [2.45, 2.75) is 45.6 Å². The van der Waals surface area contributed by atoms with Crippen LogP contribution in [0.2, 0.25) is 0 Å². The van der Waals surface area contributed by atoms with Gasteiger partial charge in [0.05, 0.1) is 6.04 Å². The first-order chi connectivity index (χ1) is 14.2. The Balaban J connectivity index is 2.33. The molecule has 2 aromatic carbocycles. The van der Waals surface area contributed by atoms with Gasteiger partial charge in [0.25, 0.3) is 0 Å². The Morgan fingerprint density at radius 1 is 1.00 bits per heavy atom. The zero-order valence-electron chi connectivity index (χ0n) is 17.0. The lowest BCUT2D eigenvalue weighted by atomic mass is 9.99. The van der Waals surface area contributed by atoms with Crippen molar-refractivity contribution in [1.29, 1.82) is 0 Å². The van der Waals surface area contributed by atoms with E-state index in [0.29, 0.717) is 11.1 Å². The maximum Gasteiger partial charge on any atom is 0.346 e. The third kappa shape index (κ3) is 6.40. The molecule has 2 aromatic rings. The molecular formula is C22H25NO7. The van der Waals surface area contributed by atoms with Crippen LogP contribution in [0.5, 0.6) is 5.75 Å². The fourth-order valence-corrected chi connectivity index (χ4v) is 3.09. The third-order valence-corrected chi connectivity index (χ3v) is 4.45. The summed E-state index contributed by atoms with van der Waals surface area (Å²) >= 11 is 0. The lowest BCUT2D eigenvalue weighted by Gasteiger charge is -2.28. The highest BCUT2D eigenvalue weighted by Crippen LogP contribution is 2.26. The van der Waals surface area contributed by atoms with E-state index in [0.717, 1.165) is 12.5 Å². The Hall–Kier alpha value is -3.23. The van der Waals surface area contributed by atoms with Gasteiger partial charge in [0, 0.05) is 19.4 Å². The molecule has 2 rings (SSSR count). The van der Waals surface area contributed by atoms with Gasteiger partial charge < -0.3 is 19.7 Å². The standard InChI is InChI=1S/C22H25NO7/c1-13-17(10-7-11-19(13)29-14(2)24)21(26)23-18(12-16-8-5-4-6-9-16)20(22(27)28)30-15(3)25/h4-11,18,20-21,23,26H,12H2,1-3H3,(H,27,28). The van der Waals surface area contributed by atoms with Crippen LogP contribution in [0.1, 0.15) is 36.8 Å². The van der Waals surface area contributed by atoms with E-state index in [4.69, 9.17) is 9.47 Å². The molecule has 8 nitrogen and oxygen atoms in total. The summed E-state index contributed by atoms with van der Waals surface area (Å²) < 4.78 is 10.1. The van der Waals surface area contributed by atoms with Crippen molar-refractivity contribution in [2.24, 2.45) is 0 Å². The van der Waals surface area contributed by atoms with Crippen LogP contribution >= 0.6 is 0 Å². The van der Waals surface area contributed by atoms with Crippen LogP contribution in [0, 0.1) is 6.92 Å². The van der Waals surface area contributed by atoms with Crippen molar-refractivity contribution in [1.82, 2.24) is 5.32 Å². The molecule has 30 heavy (non-hydrogen) atoms. The zero-order chi connectivity index (χ0) is 22.3. The molecule has 0 aliphatic heterocycles. The van der Waals surface area contributed by atoms with Crippen molar-refractivity contribution in [2.75, 3.05) is 0 Å². The number of ether oxygens (including phenoxy) is 2. The van der Waals surface area contributed by atoms with Crippen LogP contribution in [0.4, 0.5) is 0 Å². The van der Waals surface area contributed by atoms with Crippen LogP contribution in [-0.2, 0) is 25.5 Å². The van der Waals surface area contributed by atoms with Gasteiger partial charge in [0.1, 0.15) is 12.0 Å². The van der Waals surface area contributed by atoms with Crippen LogP contribution in [0.25, 0.3) is 0 Å². The number of nitrogens with one attached hydrogen (secondary N) is 1. The van der Waals surface area contributed by atoms with Gasteiger partial charge in [-0.05, 0) is 30.5 Å². The molecular weight excluding hydrogens is 390 g/mol. The van der Waals surface area contributed by atoms with Gasteiger partial charge in [-0.25, -0.2) is 4.79 Å². The highest BCUT2D eigenvalue weighted by Gasteiger charge is 2.33. The smallest absolute Gasteiger partial charge is 0.346 e. The van der Waals surface area contributed by atoms with E-state index in [-0.39, 0.29) is 12.2 Å². The zero-order valence-corrected chi connectivity index (χ0v) is 17.0. The number of hydrogen-bond acceptors (Lipinski definition) is 7. The minimum absolute atomic E-state index is 0.185. The van der Waals surface area contributed by atoms with Crippen LogP contribution in [0.3, 0.4) is 0 Å². The average molecular weight is 415 g/mol. The van der Waals surface area contributed by atoms with E-state index in [1.807, 2.05) is 6.07 Å². The molecule has 0 saturated carbocycles. The summed E-state index contributed by atoms with van der Waals surface area (Å²) in [5.41, 5.74) is 1.72. The molecule has 0 aliphatic carbocycles. The minimum Gasteiger partial charge on any atom is -0.478 e. The SMILES string of the molecule is CC(=O)Oc1cccc(C(O)NC(Cc2ccccc2)C(OC(C)=O)C(=O)O)c1C. The predicted molar refractivity (Wildman–Crippen MR) is 108 cm³/mol. The second kappa shape index (κ2) is 10.5. The lowest BCUT2D eigenvalue weighted by Crippen LogP contribution is -2.49. The first-order valence-corrected chi connectivity index (χ1v) is 9.35. The van der Waals surface area contributed by atoms with Crippen molar-refractivity contribution < 1.29 is 34.1 Å². The second-order valence-corrected chi connectivity index (χ2v) is 6.80. The number of benzene rings is 2. The summed E-state index contributed by atoms with van der Waals surface area (Å²) in [6.45, 7) is 4.07. The number of esters is 2. The fourth-order valence-electron chi connectivity index (χ4n) is 3.09. The molecule has 0 amide bonds. The fraction of sp³-hybridized carbons (Fsp3) is 0.318. The van der Waals surface area contributed by atoms with Gasteiger partial charge in [0.15, 0.2) is 0 Å². The number of aliphatic hydroxyl groups excluding tert-OH is 1. The molecule has 0 heterocycles. The molecule has 0 radical (unpaired) electrons. The monoisotopic (exact) mass is 415 g/mol. The number of aliphatic carboxylic acids is 1. The molecule has 0 fully saturated rings. The number of hydrogen-bond donors (Lipinski definition) is 3. The number of carbonyl (C=O) groups is 3. The summed E-state index contributed by atoms with van der Waals surface area (Å²) in [6.07, 6.45) is -2.63. The number of carboxylic acids is 1. The van der Waals surface area contributed by atoms with Gasteiger partial charge in [-0.3, -0.25) is 14.9 Å². The Morgan fingerprint density at radius 2 is 1.67 bits per heavy atom. The summed E-state index contributed by atoms with van der Waals surface area (Å²) in [4.78, 5) is 34.5. The van der Waals surface area contributed by atoms with E-state index in [9.17, 15) is 24.6 Å². The van der Waals surface area contributed by atoms with E-state index in [1.54, 1.807) is 49.4 Å². The Kier molecular flexibility index (Phi) is 8.08. The molecule has 160 valence electrons. The number of rotatable bonds is 9. The Bertz CT molecular complexity index is 898. The van der Waals surface area contributed by atoms with Gasteiger partial charge in [-0.15, -0.1) is 0 Å². The highest BCUT2D eigenvalue weighted by atomic mass is 16.6. The number of carboxylic acid groups (broad SMARTS) is 1. The van der Waals surface area contributed by atoms with Crippen molar-refractivity contribution in [3.63, 3.8) is 0 Å². The van der Waals surface area contributed by atoms with Gasteiger partial charge in [-0.1, -0.05) is 42.5 Å². The van der Waals surface area contributed by atoms with Crippen LogP contribution in [0.15, 0.2) is 48.5 Å². The summed E-state index contributed by atoms with van der Waals surface area (Å²) in [5, 5.41) is 23.2. The largest absolute Gasteiger partial charge is 0.478 e. The van der Waals surface area contributed by atoms with Crippen LogP contribution in [-0.4, -0.2) is 40.3 Å². The van der Waals surface area contributed by atoms with E-state index >= 15 is 0 Å². The van der Waals surface area contributed by atoms with E-state index in [2.05, 4.69) is 5.32 Å². The maximum absolute atomic E-state index is 11.8. The molecule has 0 aliphatic rings. The van der Waals surface area contributed by atoms with Crippen molar-refractivity contribution in [3.05, 3.63) is 65.2 Å². The first kappa shape index (κ1) is 23.1. The van der Waals surface area contributed by atoms with Crippen molar-refractivity contribution in [3.8, 4) is 5.75 Å². The lowest BCUT2D eigenvalue weighted by molar-refractivity contribution is -0.165. The molecule has 0 spiro atoms. The topological polar surface area (TPSA) is 122 Å². The Labute approximate surface area is 174 Å². The quantitative estimate of drug-likeness (QED) is 0.323. The van der Waals surface area contributed by atoms with Gasteiger partial charge in [-0.2, -0.15) is 0 Å². The minimum atomic E-state index is -1.52. The van der Waals surface area contributed by atoms with Crippen molar-refractivity contribution >= 4 is 17.9 Å². The molecule has 3 N–H and O–H groups in total. The average Bonchev–Trinajstić information content (AvgIpc) is 2.67. The van der Waals surface area contributed by atoms with Gasteiger partial charge in [0.2, 0.25) is 6.10 Å². The number of aliphatic hydroxyl groups is 1. The second-order valence-electron chi connectivity index (χ2n) is 6.80. The molecule has 8 heteroatoms. The van der Waals surface area contributed by atoms with E-state index < -0.39 is 36.3 Å². The Morgan fingerprint density at radius 3 is 2.23 bits per heavy atom. The number of carbonyl (C=O) groups excluding carboxylic acids is 2. The van der Waals surface area contributed by atoms with Gasteiger partial charge >= 0.3 is 17.9 Å². The first-order valence-electron chi connectivity index (χ1n) is 9.35. The summed E-state index contributed by atoms with van der Waals surface area (Å²) in [5.74, 6) is -2.29. The summed E-state index contributed by atoms with van der Waals surface area (Å²) in [6, 6.07) is 12.9. The third-order valence-electron chi connectivity index (χ3n) is 4.45. The molecule has 3 unspecified atom stereocenters. The van der Waals surface area contributed by atoms with Crippen LogP contribution < -0.4 is 10.1 Å². The predicted octanol–water partition coefficient (Wildman–Crippen LogP) is 2.13. The molecule has 0 aromatic heterocycles. The molecule has 0 saturated heterocycles. The molecule has 0 bridgehead atoms. The normalized spacial score (nSPS) is 13.7. The highest BCUT2D eigenvalue weighted by molar-refractivity contribution is 5.77. The van der Waals surface area contributed by atoms with E-state index in [1.165, 1.54) is 6.92 Å². The maximum atomic E-state index is 11.8.